The van der Waals surface area contributed by atoms with E-state index in [-0.39, 0.29) is 0 Å². The van der Waals surface area contributed by atoms with E-state index in [4.69, 9.17) is 0 Å². The third-order valence-electron chi connectivity index (χ3n) is 4.65. The second-order valence-electron chi connectivity index (χ2n) is 6.95. The molecular weight excluding hydrogens is 230 g/mol. The summed E-state index contributed by atoms with van der Waals surface area (Å²) in [4.78, 5) is 2.10. The smallest absolute Gasteiger partial charge is 0.108 e. The third-order valence-corrected chi connectivity index (χ3v) is 4.65. The average molecular weight is 257 g/mol. The summed E-state index contributed by atoms with van der Waals surface area (Å²) >= 11 is 0. The second-order valence-corrected chi connectivity index (χ2v) is 6.95. The van der Waals surface area contributed by atoms with Crippen molar-refractivity contribution in [3.05, 3.63) is 0 Å². The van der Waals surface area contributed by atoms with Crippen LogP contribution in [-0.4, -0.2) is 58.2 Å². The van der Waals surface area contributed by atoms with Gasteiger partial charge in [0.05, 0.1) is 12.2 Å². The zero-order valence-electron chi connectivity index (χ0n) is 11.5. The van der Waals surface area contributed by atoms with Crippen LogP contribution in [0.1, 0.15) is 39.5 Å². The molecule has 0 aromatic rings. The van der Waals surface area contributed by atoms with E-state index in [9.17, 15) is 15.3 Å². The molecule has 2 atom stereocenters. The van der Waals surface area contributed by atoms with Gasteiger partial charge in [-0.05, 0) is 37.0 Å². The van der Waals surface area contributed by atoms with Crippen molar-refractivity contribution in [2.45, 2.75) is 57.8 Å². The lowest BCUT2D eigenvalue weighted by Gasteiger charge is -2.41. The molecule has 2 fully saturated rings. The van der Waals surface area contributed by atoms with Crippen molar-refractivity contribution in [3.63, 3.8) is 0 Å². The van der Waals surface area contributed by atoms with E-state index >= 15 is 0 Å². The van der Waals surface area contributed by atoms with Gasteiger partial charge in [0.25, 0.3) is 0 Å². The number of aliphatic hydroxyl groups excluding tert-OH is 3. The minimum atomic E-state index is -0.980. The lowest BCUT2D eigenvalue weighted by Crippen LogP contribution is -2.56. The molecule has 2 aliphatic rings. The van der Waals surface area contributed by atoms with Crippen LogP contribution in [0.5, 0.6) is 0 Å². The maximum absolute atomic E-state index is 9.68. The first-order valence-corrected chi connectivity index (χ1v) is 7.14. The van der Waals surface area contributed by atoms with Crippen LogP contribution < -0.4 is 0 Å². The SMILES string of the molecule is CC1(C)CCC(CN2CC(O)C(O)C(O)C2)CC1. The number of nitrogens with zero attached hydrogens (tertiary/aromatic N) is 1. The number of hydrogen-bond donors (Lipinski definition) is 3. The molecule has 1 aliphatic heterocycles. The van der Waals surface area contributed by atoms with Gasteiger partial charge in [-0.3, -0.25) is 4.90 Å². The molecule has 1 saturated carbocycles. The number of aliphatic hydroxyl groups is 3. The molecule has 106 valence electrons. The van der Waals surface area contributed by atoms with Gasteiger partial charge in [0.15, 0.2) is 0 Å². The Hall–Kier alpha value is -0.160. The van der Waals surface area contributed by atoms with E-state index in [0.717, 1.165) is 6.54 Å². The monoisotopic (exact) mass is 257 g/mol. The van der Waals surface area contributed by atoms with Gasteiger partial charge in [0.2, 0.25) is 0 Å². The fraction of sp³-hybridized carbons (Fsp3) is 1.00. The molecule has 0 aromatic carbocycles. The fourth-order valence-corrected chi connectivity index (χ4v) is 3.23. The summed E-state index contributed by atoms with van der Waals surface area (Å²) in [5, 5.41) is 28.9. The number of likely N-dealkylation sites (tertiary alicyclic amines) is 1. The van der Waals surface area contributed by atoms with Crippen LogP contribution >= 0.6 is 0 Å². The number of piperidine rings is 1. The molecule has 2 rings (SSSR count). The molecule has 2 unspecified atom stereocenters. The molecule has 1 aliphatic carbocycles. The average Bonchev–Trinajstić information content (AvgIpc) is 2.29. The minimum Gasteiger partial charge on any atom is -0.389 e. The van der Waals surface area contributed by atoms with Crippen molar-refractivity contribution >= 4 is 0 Å². The molecule has 1 saturated heterocycles. The first-order valence-electron chi connectivity index (χ1n) is 7.14. The number of β-amino-alcohol motifs (C(OH)–C–C–N with tert-alkyl or cyclic N) is 2. The van der Waals surface area contributed by atoms with Crippen LogP contribution in [-0.2, 0) is 0 Å². The van der Waals surface area contributed by atoms with E-state index in [1.807, 2.05) is 0 Å². The topological polar surface area (TPSA) is 63.9 Å². The summed E-state index contributed by atoms with van der Waals surface area (Å²) in [5.41, 5.74) is 0.480. The van der Waals surface area contributed by atoms with Gasteiger partial charge in [0.1, 0.15) is 6.10 Å². The Bertz CT molecular complexity index is 260. The van der Waals surface area contributed by atoms with Gasteiger partial charge < -0.3 is 15.3 Å². The first-order chi connectivity index (χ1) is 8.37. The van der Waals surface area contributed by atoms with Crippen LogP contribution in [0.2, 0.25) is 0 Å². The number of rotatable bonds is 2. The first kappa shape index (κ1) is 14.3. The molecule has 0 spiro atoms. The molecule has 0 amide bonds. The van der Waals surface area contributed by atoms with Crippen molar-refractivity contribution in [2.24, 2.45) is 11.3 Å². The van der Waals surface area contributed by atoms with Gasteiger partial charge in [0, 0.05) is 19.6 Å². The van der Waals surface area contributed by atoms with Crippen LogP contribution in [0.15, 0.2) is 0 Å². The minimum absolute atomic E-state index is 0.480. The highest BCUT2D eigenvalue weighted by Gasteiger charge is 2.35. The van der Waals surface area contributed by atoms with E-state index in [1.54, 1.807) is 0 Å². The molecule has 0 radical (unpaired) electrons. The zero-order valence-corrected chi connectivity index (χ0v) is 11.5. The summed E-state index contributed by atoms with van der Waals surface area (Å²) < 4.78 is 0. The molecular formula is C14H27NO3. The summed E-state index contributed by atoms with van der Waals surface area (Å²) in [6.45, 7) is 6.56. The van der Waals surface area contributed by atoms with Gasteiger partial charge in [-0.1, -0.05) is 13.8 Å². The highest BCUT2D eigenvalue weighted by atomic mass is 16.4. The Morgan fingerprint density at radius 3 is 2.00 bits per heavy atom. The Kier molecular flexibility index (Phi) is 4.32. The molecule has 0 aromatic heterocycles. The molecule has 4 nitrogen and oxygen atoms in total. The van der Waals surface area contributed by atoms with Crippen LogP contribution in [0.3, 0.4) is 0 Å². The Morgan fingerprint density at radius 2 is 1.50 bits per heavy atom. The third kappa shape index (κ3) is 3.44. The molecule has 1 heterocycles. The Morgan fingerprint density at radius 1 is 1.00 bits per heavy atom. The van der Waals surface area contributed by atoms with Crippen LogP contribution in [0.4, 0.5) is 0 Å². The molecule has 18 heavy (non-hydrogen) atoms. The van der Waals surface area contributed by atoms with Gasteiger partial charge in [-0.15, -0.1) is 0 Å². The van der Waals surface area contributed by atoms with E-state index in [2.05, 4.69) is 18.7 Å². The standard InChI is InChI=1S/C14H27NO3/c1-14(2)5-3-10(4-6-14)7-15-8-11(16)13(18)12(17)9-15/h10-13,16-18H,3-9H2,1-2H3. The summed E-state index contributed by atoms with van der Waals surface area (Å²) in [5.74, 6) is 0.674. The van der Waals surface area contributed by atoms with Gasteiger partial charge in [-0.2, -0.15) is 0 Å². The predicted octanol–water partition coefficient (Wildman–Crippen LogP) is 0.601. The Balaban J connectivity index is 1.80. The van der Waals surface area contributed by atoms with Crippen molar-refractivity contribution in [1.82, 2.24) is 4.90 Å². The quantitative estimate of drug-likeness (QED) is 0.678. The highest BCUT2D eigenvalue weighted by Crippen LogP contribution is 2.38. The normalized spacial score (nSPS) is 38.8. The zero-order chi connectivity index (χ0) is 13.3. The van der Waals surface area contributed by atoms with Crippen molar-refractivity contribution in [3.8, 4) is 0 Å². The Labute approximate surface area is 110 Å². The summed E-state index contributed by atoms with van der Waals surface area (Å²) in [6.07, 6.45) is 2.39. The molecule has 4 heteroatoms. The highest BCUT2D eigenvalue weighted by molar-refractivity contribution is 4.88. The second kappa shape index (κ2) is 5.45. The van der Waals surface area contributed by atoms with Crippen LogP contribution in [0, 0.1) is 11.3 Å². The maximum Gasteiger partial charge on any atom is 0.108 e. The van der Waals surface area contributed by atoms with Crippen LogP contribution in [0.25, 0.3) is 0 Å². The largest absolute Gasteiger partial charge is 0.389 e. The summed E-state index contributed by atoms with van der Waals surface area (Å²) in [6, 6.07) is 0. The number of hydrogen-bond acceptors (Lipinski definition) is 4. The summed E-state index contributed by atoms with van der Waals surface area (Å²) in [7, 11) is 0. The van der Waals surface area contributed by atoms with E-state index in [1.165, 1.54) is 25.7 Å². The predicted molar refractivity (Wildman–Crippen MR) is 70.2 cm³/mol. The van der Waals surface area contributed by atoms with E-state index in [0.29, 0.717) is 24.4 Å². The van der Waals surface area contributed by atoms with Gasteiger partial charge >= 0.3 is 0 Å². The van der Waals surface area contributed by atoms with Crippen molar-refractivity contribution in [2.75, 3.05) is 19.6 Å². The lowest BCUT2D eigenvalue weighted by atomic mass is 9.73. The lowest BCUT2D eigenvalue weighted by molar-refractivity contribution is -0.112. The maximum atomic E-state index is 9.68. The van der Waals surface area contributed by atoms with Gasteiger partial charge in [-0.25, -0.2) is 0 Å². The molecule has 3 N–H and O–H groups in total. The molecule has 0 bridgehead atoms. The van der Waals surface area contributed by atoms with Crippen molar-refractivity contribution in [1.29, 1.82) is 0 Å². The van der Waals surface area contributed by atoms with Crippen molar-refractivity contribution < 1.29 is 15.3 Å². The fourth-order valence-electron chi connectivity index (χ4n) is 3.23. The van der Waals surface area contributed by atoms with E-state index < -0.39 is 18.3 Å².